The molecular formula is C24H50O. The molecule has 0 aromatic carbocycles. The maximum atomic E-state index is 5.97. The van der Waals surface area contributed by atoms with Gasteiger partial charge in [0.25, 0.3) is 0 Å². The minimum atomic E-state index is 0.494. The van der Waals surface area contributed by atoms with E-state index >= 15 is 0 Å². The number of hydrogen-bond donors (Lipinski definition) is 0. The maximum Gasteiger partial charge on any atom is 0.0468 e. The minimum absolute atomic E-state index is 0.494. The molecule has 0 saturated carbocycles. The molecule has 0 aliphatic carbocycles. The third kappa shape index (κ3) is 14.8. The van der Waals surface area contributed by atoms with Gasteiger partial charge in [0.05, 0.1) is 0 Å². The van der Waals surface area contributed by atoms with E-state index in [9.17, 15) is 0 Å². The van der Waals surface area contributed by atoms with Crippen LogP contribution in [0.5, 0.6) is 0 Å². The van der Waals surface area contributed by atoms with Crippen LogP contribution in [0.2, 0.25) is 0 Å². The zero-order valence-electron chi connectivity index (χ0n) is 19.0. The largest absolute Gasteiger partial charge is 0.381 e. The van der Waals surface area contributed by atoms with Crippen molar-refractivity contribution in [3.8, 4) is 0 Å². The van der Waals surface area contributed by atoms with Crippen molar-refractivity contribution in [1.29, 1.82) is 0 Å². The summed E-state index contributed by atoms with van der Waals surface area (Å²) in [7, 11) is 0. The molecule has 0 aromatic heterocycles. The van der Waals surface area contributed by atoms with E-state index in [0.717, 1.165) is 25.0 Å². The Labute approximate surface area is 160 Å². The molecule has 0 rings (SSSR count). The molecule has 0 aromatic rings. The number of rotatable bonds is 16. The van der Waals surface area contributed by atoms with E-state index in [2.05, 4.69) is 55.4 Å². The summed E-state index contributed by atoms with van der Waals surface area (Å²) < 4.78 is 5.97. The quantitative estimate of drug-likeness (QED) is 0.253. The maximum absolute atomic E-state index is 5.97. The third-order valence-corrected chi connectivity index (χ3v) is 5.73. The lowest BCUT2D eigenvalue weighted by atomic mass is 9.78. The van der Waals surface area contributed by atoms with Crippen LogP contribution >= 0.6 is 0 Å². The van der Waals surface area contributed by atoms with E-state index in [1.54, 1.807) is 0 Å². The first-order chi connectivity index (χ1) is 11.6. The molecule has 0 saturated heterocycles. The van der Waals surface area contributed by atoms with Crippen LogP contribution in [0.1, 0.15) is 120 Å². The van der Waals surface area contributed by atoms with Gasteiger partial charge in [0.2, 0.25) is 0 Å². The highest BCUT2D eigenvalue weighted by atomic mass is 16.5. The minimum Gasteiger partial charge on any atom is -0.381 e. The Bertz CT molecular complexity index is 275. The summed E-state index contributed by atoms with van der Waals surface area (Å²) in [6, 6.07) is 0. The number of unbranched alkanes of at least 4 members (excludes halogenated alkanes) is 2. The van der Waals surface area contributed by atoms with Crippen LogP contribution in [0.15, 0.2) is 0 Å². The summed E-state index contributed by atoms with van der Waals surface area (Å²) >= 11 is 0. The van der Waals surface area contributed by atoms with E-state index in [4.69, 9.17) is 4.74 Å². The van der Waals surface area contributed by atoms with Crippen LogP contribution in [-0.4, -0.2) is 13.2 Å². The van der Waals surface area contributed by atoms with Crippen molar-refractivity contribution in [2.24, 2.45) is 22.7 Å². The van der Waals surface area contributed by atoms with Gasteiger partial charge in [-0.15, -0.1) is 0 Å². The second-order valence-corrected chi connectivity index (χ2v) is 10.3. The molecule has 0 fully saturated rings. The van der Waals surface area contributed by atoms with E-state index in [-0.39, 0.29) is 0 Å². The van der Waals surface area contributed by atoms with Crippen molar-refractivity contribution in [3.05, 3.63) is 0 Å². The van der Waals surface area contributed by atoms with Crippen molar-refractivity contribution >= 4 is 0 Å². The van der Waals surface area contributed by atoms with Crippen LogP contribution in [-0.2, 0) is 4.74 Å². The summed E-state index contributed by atoms with van der Waals surface area (Å²) in [5, 5.41) is 0. The van der Waals surface area contributed by atoms with Gasteiger partial charge >= 0.3 is 0 Å². The summed E-state index contributed by atoms with van der Waals surface area (Å²) in [4.78, 5) is 0. The standard InChI is InChI=1S/C24H50O/c1-9-11-15-23(5,6)19-21(3)13-17-25-18-14-22(4)20-24(7,8)16-12-10-2/h21-22H,9-20H2,1-8H3. The zero-order valence-corrected chi connectivity index (χ0v) is 19.0. The fourth-order valence-corrected chi connectivity index (χ4v) is 4.28. The first kappa shape index (κ1) is 25.0. The predicted octanol–water partition coefficient (Wildman–Crippen LogP) is 8.27. The SMILES string of the molecule is CCCCC(C)(C)CC(C)CCOCCC(C)CC(C)(C)CCCC. The van der Waals surface area contributed by atoms with Crippen molar-refractivity contribution in [2.45, 2.75) is 120 Å². The average molecular weight is 355 g/mol. The van der Waals surface area contributed by atoms with Crippen molar-refractivity contribution in [2.75, 3.05) is 13.2 Å². The molecule has 1 nitrogen and oxygen atoms in total. The first-order valence-electron chi connectivity index (χ1n) is 11.2. The van der Waals surface area contributed by atoms with Crippen LogP contribution in [0, 0.1) is 22.7 Å². The number of ether oxygens (including phenoxy) is 1. The van der Waals surface area contributed by atoms with Gasteiger partial charge in [0, 0.05) is 13.2 Å². The Hall–Kier alpha value is -0.0400. The fourth-order valence-electron chi connectivity index (χ4n) is 4.28. The Morgan fingerprint density at radius 3 is 1.36 bits per heavy atom. The average Bonchev–Trinajstić information content (AvgIpc) is 2.49. The highest BCUT2D eigenvalue weighted by molar-refractivity contribution is 4.73. The molecule has 0 N–H and O–H groups in total. The van der Waals surface area contributed by atoms with E-state index in [1.807, 2.05) is 0 Å². The fraction of sp³-hybridized carbons (Fsp3) is 1.00. The molecule has 0 amide bonds. The molecule has 2 unspecified atom stereocenters. The van der Waals surface area contributed by atoms with Gasteiger partial charge in [-0.25, -0.2) is 0 Å². The van der Waals surface area contributed by atoms with Gasteiger partial charge in [-0.1, -0.05) is 81.1 Å². The predicted molar refractivity (Wildman–Crippen MR) is 114 cm³/mol. The second kappa shape index (κ2) is 13.2. The molecule has 0 aliphatic rings. The van der Waals surface area contributed by atoms with Crippen molar-refractivity contribution in [3.63, 3.8) is 0 Å². The summed E-state index contributed by atoms with van der Waals surface area (Å²) in [6.07, 6.45) is 13.2. The molecule has 25 heavy (non-hydrogen) atoms. The van der Waals surface area contributed by atoms with Gasteiger partial charge in [-0.2, -0.15) is 0 Å². The van der Waals surface area contributed by atoms with Gasteiger partial charge in [-0.3, -0.25) is 0 Å². The zero-order chi connectivity index (χ0) is 19.3. The Kier molecular flexibility index (Phi) is 13.2. The summed E-state index contributed by atoms with van der Waals surface area (Å²) in [5.41, 5.74) is 0.988. The molecule has 2 atom stereocenters. The molecular weight excluding hydrogens is 304 g/mol. The Balaban J connectivity index is 3.80. The monoisotopic (exact) mass is 354 g/mol. The second-order valence-electron chi connectivity index (χ2n) is 10.3. The highest BCUT2D eigenvalue weighted by Gasteiger charge is 2.21. The van der Waals surface area contributed by atoms with Crippen LogP contribution in [0.3, 0.4) is 0 Å². The van der Waals surface area contributed by atoms with Gasteiger partial charge < -0.3 is 4.74 Å². The van der Waals surface area contributed by atoms with Gasteiger partial charge in [-0.05, 0) is 61.2 Å². The molecule has 1 heteroatoms. The summed E-state index contributed by atoms with van der Waals surface area (Å²) in [6.45, 7) is 21.0. The molecule has 0 bridgehead atoms. The summed E-state index contributed by atoms with van der Waals surface area (Å²) in [5.74, 6) is 1.55. The Morgan fingerprint density at radius 2 is 1.04 bits per heavy atom. The topological polar surface area (TPSA) is 9.23 Å². The highest BCUT2D eigenvalue weighted by Crippen LogP contribution is 2.33. The number of hydrogen-bond acceptors (Lipinski definition) is 1. The van der Waals surface area contributed by atoms with Crippen LogP contribution in [0.4, 0.5) is 0 Å². The smallest absolute Gasteiger partial charge is 0.0468 e. The molecule has 0 radical (unpaired) electrons. The van der Waals surface area contributed by atoms with E-state index < -0.39 is 0 Å². The van der Waals surface area contributed by atoms with Crippen molar-refractivity contribution < 1.29 is 4.74 Å². The van der Waals surface area contributed by atoms with E-state index in [0.29, 0.717) is 10.8 Å². The Morgan fingerprint density at radius 1 is 0.680 bits per heavy atom. The normalized spacial score (nSPS) is 15.4. The molecule has 0 aliphatic heterocycles. The van der Waals surface area contributed by atoms with Gasteiger partial charge in [0.15, 0.2) is 0 Å². The molecule has 0 spiro atoms. The lowest BCUT2D eigenvalue weighted by Crippen LogP contribution is -2.18. The third-order valence-electron chi connectivity index (χ3n) is 5.73. The molecule has 152 valence electrons. The van der Waals surface area contributed by atoms with Crippen LogP contribution < -0.4 is 0 Å². The molecule has 0 heterocycles. The van der Waals surface area contributed by atoms with Gasteiger partial charge in [0.1, 0.15) is 0 Å². The van der Waals surface area contributed by atoms with Crippen molar-refractivity contribution in [1.82, 2.24) is 0 Å². The first-order valence-corrected chi connectivity index (χ1v) is 11.2. The lowest BCUT2D eigenvalue weighted by Gasteiger charge is -2.28. The lowest BCUT2D eigenvalue weighted by molar-refractivity contribution is 0.0967. The van der Waals surface area contributed by atoms with Crippen LogP contribution in [0.25, 0.3) is 0 Å². The van der Waals surface area contributed by atoms with E-state index in [1.165, 1.54) is 64.2 Å².